The van der Waals surface area contributed by atoms with Crippen molar-refractivity contribution in [2.75, 3.05) is 5.32 Å². The van der Waals surface area contributed by atoms with Crippen molar-refractivity contribution in [3.05, 3.63) is 24.3 Å². The van der Waals surface area contributed by atoms with E-state index in [1.54, 1.807) is 0 Å². The first-order valence-corrected chi connectivity index (χ1v) is 5.30. The molecule has 8 heteroatoms. The van der Waals surface area contributed by atoms with E-state index in [1.807, 2.05) is 5.32 Å². The lowest BCUT2D eigenvalue weighted by Crippen LogP contribution is -2.43. The summed E-state index contributed by atoms with van der Waals surface area (Å²) in [6.07, 6.45) is 0. The number of carbonyl (C=O) groups is 2. The number of halogens is 2. The number of ether oxygens (including phenoxy) is 1. The smallest absolute Gasteiger partial charge is 0.387 e. The van der Waals surface area contributed by atoms with E-state index in [2.05, 4.69) is 10.1 Å². The van der Waals surface area contributed by atoms with Gasteiger partial charge in [0.15, 0.2) is 0 Å². The van der Waals surface area contributed by atoms with Crippen LogP contribution in [0.5, 0.6) is 5.75 Å². The Balaban J connectivity index is 2.57. The zero-order chi connectivity index (χ0) is 14.4. The van der Waals surface area contributed by atoms with Crippen LogP contribution >= 0.6 is 0 Å². The Morgan fingerprint density at radius 1 is 1.26 bits per heavy atom. The number of rotatable bonds is 5. The summed E-state index contributed by atoms with van der Waals surface area (Å²) in [7, 11) is 0. The third-order valence-corrected chi connectivity index (χ3v) is 2.10. The quantitative estimate of drug-likeness (QED) is 0.753. The third-order valence-electron chi connectivity index (χ3n) is 2.10. The summed E-state index contributed by atoms with van der Waals surface area (Å²) in [5.41, 5.74) is 5.31. The first kappa shape index (κ1) is 14.7. The number of primary amides is 1. The van der Waals surface area contributed by atoms with Gasteiger partial charge in [-0.1, -0.05) is 0 Å². The Labute approximate surface area is 107 Å². The molecule has 1 aromatic carbocycles. The summed E-state index contributed by atoms with van der Waals surface area (Å²) >= 11 is 0. The molecule has 104 valence electrons. The van der Waals surface area contributed by atoms with Crippen LogP contribution in [0.15, 0.2) is 24.3 Å². The Morgan fingerprint density at radius 3 is 2.32 bits per heavy atom. The second-order valence-electron chi connectivity index (χ2n) is 3.62. The van der Waals surface area contributed by atoms with Gasteiger partial charge in [-0.05, 0) is 31.2 Å². The number of urea groups is 1. The molecule has 0 saturated carbocycles. The number of amides is 3. The minimum absolute atomic E-state index is 0.00907. The van der Waals surface area contributed by atoms with E-state index in [4.69, 9.17) is 5.73 Å². The van der Waals surface area contributed by atoms with E-state index in [0.717, 1.165) is 0 Å². The first-order chi connectivity index (χ1) is 8.88. The molecule has 0 heterocycles. The molecule has 1 aromatic rings. The number of alkyl halides is 2. The minimum Gasteiger partial charge on any atom is -0.435 e. The summed E-state index contributed by atoms with van der Waals surface area (Å²) in [6.45, 7) is -1.37. The fourth-order valence-corrected chi connectivity index (χ4v) is 1.28. The highest BCUT2D eigenvalue weighted by Gasteiger charge is 2.14. The average Bonchev–Trinajstić information content (AvgIpc) is 2.30. The summed E-state index contributed by atoms with van der Waals surface area (Å²) < 4.78 is 28.0. The second kappa shape index (κ2) is 6.53. The van der Waals surface area contributed by atoms with E-state index in [-0.39, 0.29) is 5.75 Å². The summed E-state index contributed by atoms with van der Waals surface area (Å²) in [5.74, 6) is -0.588. The Morgan fingerprint density at radius 2 is 1.84 bits per heavy atom. The summed E-state index contributed by atoms with van der Waals surface area (Å²) in [5, 5.41) is 4.68. The van der Waals surface area contributed by atoms with Gasteiger partial charge in [0.2, 0.25) is 5.91 Å². The van der Waals surface area contributed by atoms with Crippen molar-refractivity contribution in [1.29, 1.82) is 0 Å². The summed E-state index contributed by atoms with van der Waals surface area (Å²) in [6, 6.07) is 3.92. The number of hydrogen-bond acceptors (Lipinski definition) is 4. The molecule has 4 N–H and O–H groups in total. The second-order valence-corrected chi connectivity index (χ2v) is 3.62. The minimum atomic E-state index is -2.89. The van der Waals surface area contributed by atoms with Crippen LogP contribution in [0.1, 0.15) is 6.92 Å². The fourth-order valence-electron chi connectivity index (χ4n) is 1.28. The van der Waals surface area contributed by atoms with E-state index < -0.39 is 24.6 Å². The Bertz CT molecular complexity index is 451. The van der Waals surface area contributed by atoms with Crippen LogP contribution in [0.3, 0.4) is 0 Å². The molecular weight excluding hydrogens is 260 g/mol. The van der Waals surface area contributed by atoms with Gasteiger partial charge in [0, 0.05) is 5.69 Å². The molecule has 0 radical (unpaired) electrons. The molecular formula is C11H13F2N3O3. The van der Waals surface area contributed by atoms with Crippen molar-refractivity contribution in [2.24, 2.45) is 5.73 Å². The number of nitrogens with one attached hydrogen (secondary N) is 2. The highest BCUT2D eigenvalue weighted by Crippen LogP contribution is 2.18. The first-order valence-electron chi connectivity index (χ1n) is 5.30. The molecule has 6 nitrogen and oxygen atoms in total. The number of benzene rings is 1. The fraction of sp³-hybridized carbons (Fsp3) is 0.273. The zero-order valence-electron chi connectivity index (χ0n) is 10.0. The standard InChI is InChI=1S/C11H13F2N3O3/c1-6(9(17)16-11(14)18)15-7-2-4-8(5-3-7)19-10(12)13/h2-6,10,15H,1H3,(H3,14,16,17,18). The lowest BCUT2D eigenvalue weighted by Gasteiger charge is -2.14. The van der Waals surface area contributed by atoms with Crippen molar-refractivity contribution < 1.29 is 23.1 Å². The number of imide groups is 1. The van der Waals surface area contributed by atoms with E-state index >= 15 is 0 Å². The molecule has 19 heavy (non-hydrogen) atoms. The largest absolute Gasteiger partial charge is 0.435 e. The molecule has 0 aromatic heterocycles. The predicted molar refractivity (Wildman–Crippen MR) is 63.9 cm³/mol. The molecule has 0 aliphatic rings. The number of nitrogens with two attached hydrogens (primary N) is 1. The van der Waals surface area contributed by atoms with Crippen LogP contribution in [-0.4, -0.2) is 24.6 Å². The molecule has 3 amide bonds. The van der Waals surface area contributed by atoms with Gasteiger partial charge in [0.25, 0.3) is 0 Å². The normalized spacial score (nSPS) is 11.8. The van der Waals surface area contributed by atoms with Crippen LogP contribution in [0.25, 0.3) is 0 Å². The molecule has 1 unspecified atom stereocenters. The summed E-state index contributed by atoms with van der Waals surface area (Å²) in [4.78, 5) is 21.9. The average molecular weight is 273 g/mol. The maximum Gasteiger partial charge on any atom is 0.387 e. The molecule has 0 aliphatic carbocycles. The van der Waals surface area contributed by atoms with Crippen LogP contribution in [0.2, 0.25) is 0 Å². The third kappa shape index (κ3) is 5.19. The van der Waals surface area contributed by atoms with Crippen molar-refractivity contribution in [3.63, 3.8) is 0 Å². The van der Waals surface area contributed by atoms with Crippen molar-refractivity contribution in [2.45, 2.75) is 19.6 Å². The van der Waals surface area contributed by atoms with Gasteiger partial charge in [-0.15, -0.1) is 0 Å². The lowest BCUT2D eigenvalue weighted by atomic mass is 10.2. The van der Waals surface area contributed by atoms with Crippen LogP contribution in [0, 0.1) is 0 Å². The van der Waals surface area contributed by atoms with E-state index in [1.165, 1.54) is 31.2 Å². The van der Waals surface area contributed by atoms with Crippen molar-refractivity contribution >= 4 is 17.6 Å². The van der Waals surface area contributed by atoms with Gasteiger partial charge in [-0.25, -0.2) is 4.79 Å². The molecule has 1 rings (SSSR count). The highest BCUT2D eigenvalue weighted by molar-refractivity contribution is 5.97. The number of carbonyl (C=O) groups excluding carboxylic acids is 2. The molecule has 0 aliphatic heterocycles. The van der Waals surface area contributed by atoms with E-state index in [0.29, 0.717) is 5.69 Å². The van der Waals surface area contributed by atoms with Crippen LogP contribution < -0.4 is 21.1 Å². The van der Waals surface area contributed by atoms with Crippen LogP contribution in [0.4, 0.5) is 19.3 Å². The lowest BCUT2D eigenvalue weighted by molar-refractivity contribution is -0.120. The van der Waals surface area contributed by atoms with Crippen LogP contribution in [-0.2, 0) is 4.79 Å². The topological polar surface area (TPSA) is 93.4 Å². The predicted octanol–water partition coefficient (Wildman–Crippen LogP) is 1.28. The monoisotopic (exact) mass is 273 g/mol. The number of anilines is 1. The Kier molecular flexibility index (Phi) is 5.04. The molecule has 1 atom stereocenters. The maximum absolute atomic E-state index is 11.9. The maximum atomic E-state index is 11.9. The number of hydrogen-bond donors (Lipinski definition) is 3. The van der Waals surface area contributed by atoms with Crippen molar-refractivity contribution in [1.82, 2.24) is 5.32 Å². The molecule has 0 fully saturated rings. The Hall–Kier alpha value is -2.38. The van der Waals surface area contributed by atoms with Gasteiger partial charge < -0.3 is 15.8 Å². The molecule has 0 saturated heterocycles. The van der Waals surface area contributed by atoms with Gasteiger partial charge in [-0.3, -0.25) is 10.1 Å². The van der Waals surface area contributed by atoms with Gasteiger partial charge in [0.1, 0.15) is 11.8 Å². The highest BCUT2D eigenvalue weighted by atomic mass is 19.3. The molecule has 0 bridgehead atoms. The van der Waals surface area contributed by atoms with Gasteiger partial charge in [-0.2, -0.15) is 8.78 Å². The molecule has 0 spiro atoms. The van der Waals surface area contributed by atoms with Crippen molar-refractivity contribution in [3.8, 4) is 5.75 Å². The van der Waals surface area contributed by atoms with Gasteiger partial charge in [0.05, 0.1) is 0 Å². The SMILES string of the molecule is CC(Nc1ccc(OC(F)F)cc1)C(=O)NC(N)=O. The van der Waals surface area contributed by atoms with E-state index in [9.17, 15) is 18.4 Å². The van der Waals surface area contributed by atoms with Gasteiger partial charge >= 0.3 is 12.6 Å². The zero-order valence-corrected chi connectivity index (χ0v) is 10.0.